The first-order valence-corrected chi connectivity index (χ1v) is 12.1. The van der Waals surface area contributed by atoms with Crippen molar-refractivity contribution in [2.45, 2.75) is 93.7 Å². The van der Waals surface area contributed by atoms with Crippen LogP contribution in [0.25, 0.3) is 0 Å². The quantitative estimate of drug-likeness (QED) is 0.380. The van der Waals surface area contributed by atoms with Gasteiger partial charge in [-0.05, 0) is 38.5 Å². The molecular formula is C24H49N5O4. The van der Waals surface area contributed by atoms with Crippen molar-refractivity contribution in [2.75, 3.05) is 26.3 Å². The van der Waals surface area contributed by atoms with E-state index in [1.807, 2.05) is 27.7 Å². The number of amides is 2. The van der Waals surface area contributed by atoms with Gasteiger partial charge in [0.2, 0.25) is 11.8 Å². The molecular weight excluding hydrogens is 422 g/mol. The molecule has 0 aliphatic heterocycles. The standard InChI is InChI=1S/C18H33N5O4.C4H10.C2H6/c1-14(2)5-6-16(25)20-11-17(26)19-8-10-27-13-15-12-23(22-21-15)18(3,4)7-9-24;1-4(2)3;1-2/h12,14,24H,5-11,13H2,1-4H3,(H,19,26)(H,20,25);4H,1-3H3;1-2H3. The van der Waals surface area contributed by atoms with E-state index in [0.29, 0.717) is 37.6 Å². The minimum atomic E-state index is -0.312. The van der Waals surface area contributed by atoms with E-state index in [9.17, 15) is 9.59 Å². The molecule has 1 aromatic heterocycles. The second-order valence-electron chi connectivity index (χ2n) is 9.28. The second-order valence-corrected chi connectivity index (χ2v) is 9.28. The number of carbonyl (C=O) groups is 2. The summed E-state index contributed by atoms with van der Waals surface area (Å²) in [6, 6.07) is 0. The molecule has 1 heterocycles. The Morgan fingerprint density at radius 3 is 2.27 bits per heavy atom. The summed E-state index contributed by atoms with van der Waals surface area (Å²) in [6.07, 6.45) is 3.62. The Hall–Kier alpha value is -2.00. The zero-order valence-corrected chi connectivity index (χ0v) is 22.4. The first-order valence-electron chi connectivity index (χ1n) is 12.1. The molecule has 0 unspecified atom stereocenters. The van der Waals surface area contributed by atoms with E-state index in [0.717, 1.165) is 12.3 Å². The predicted molar refractivity (Wildman–Crippen MR) is 133 cm³/mol. The van der Waals surface area contributed by atoms with E-state index >= 15 is 0 Å². The molecule has 0 saturated heterocycles. The highest BCUT2D eigenvalue weighted by molar-refractivity contribution is 5.84. The Morgan fingerprint density at radius 2 is 1.73 bits per heavy atom. The second kappa shape index (κ2) is 19.5. The summed E-state index contributed by atoms with van der Waals surface area (Å²) < 4.78 is 7.19. The molecule has 3 N–H and O–H groups in total. The van der Waals surface area contributed by atoms with Crippen molar-refractivity contribution in [2.24, 2.45) is 11.8 Å². The van der Waals surface area contributed by atoms with Crippen molar-refractivity contribution in [3.8, 4) is 0 Å². The fourth-order valence-electron chi connectivity index (χ4n) is 2.24. The first kappa shape index (κ1) is 33.2. The third-order valence-electron chi connectivity index (χ3n) is 4.10. The summed E-state index contributed by atoms with van der Waals surface area (Å²) in [6.45, 7) is 19.6. The molecule has 194 valence electrons. The number of aromatic nitrogens is 3. The van der Waals surface area contributed by atoms with Gasteiger partial charge in [-0.2, -0.15) is 0 Å². The Bertz CT molecular complexity index is 627. The SMILES string of the molecule is CC.CC(C)C.CC(C)CCC(=O)NCC(=O)NCCOCc1cn(C(C)(C)CCO)nn1. The Kier molecular flexibility index (Phi) is 19.6. The van der Waals surface area contributed by atoms with Gasteiger partial charge in [0.1, 0.15) is 5.69 Å². The zero-order valence-electron chi connectivity index (χ0n) is 22.4. The zero-order chi connectivity index (χ0) is 25.9. The van der Waals surface area contributed by atoms with Crippen LogP contribution in [0.5, 0.6) is 0 Å². The fraction of sp³-hybridized carbons (Fsp3) is 0.833. The van der Waals surface area contributed by atoms with Gasteiger partial charge in [0.05, 0.1) is 31.5 Å². The van der Waals surface area contributed by atoms with Crippen molar-refractivity contribution in [1.29, 1.82) is 0 Å². The van der Waals surface area contributed by atoms with Crippen LogP contribution in [0.2, 0.25) is 0 Å². The van der Waals surface area contributed by atoms with E-state index < -0.39 is 0 Å². The van der Waals surface area contributed by atoms with Gasteiger partial charge < -0.3 is 20.5 Å². The maximum absolute atomic E-state index is 11.7. The molecule has 1 rings (SSSR count). The molecule has 9 heteroatoms. The molecule has 2 amide bonds. The van der Waals surface area contributed by atoms with Crippen LogP contribution >= 0.6 is 0 Å². The molecule has 9 nitrogen and oxygen atoms in total. The van der Waals surface area contributed by atoms with Crippen LogP contribution in [-0.4, -0.2) is 58.2 Å². The summed E-state index contributed by atoms with van der Waals surface area (Å²) in [7, 11) is 0. The van der Waals surface area contributed by atoms with Crippen LogP contribution in [0.3, 0.4) is 0 Å². The van der Waals surface area contributed by atoms with Gasteiger partial charge in [-0.3, -0.25) is 9.59 Å². The summed E-state index contributed by atoms with van der Waals surface area (Å²) in [4.78, 5) is 23.2. The number of rotatable bonds is 13. The smallest absolute Gasteiger partial charge is 0.239 e. The van der Waals surface area contributed by atoms with Crippen molar-refractivity contribution in [3.05, 3.63) is 11.9 Å². The number of aliphatic hydroxyl groups excluding tert-OH is 1. The highest BCUT2D eigenvalue weighted by atomic mass is 16.5. The highest BCUT2D eigenvalue weighted by Gasteiger charge is 2.21. The lowest BCUT2D eigenvalue weighted by Gasteiger charge is -2.23. The number of nitrogens with zero attached hydrogens (tertiary/aromatic N) is 3. The topological polar surface area (TPSA) is 118 Å². The van der Waals surface area contributed by atoms with Crippen LogP contribution < -0.4 is 10.6 Å². The van der Waals surface area contributed by atoms with E-state index in [4.69, 9.17) is 9.84 Å². The third kappa shape index (κ3) is 19.2. The molecule has 33 heavy (non-hydrogen) atoms. The van der Waals surface area contributed by atoms with E-state index in [1.54, 1.807) is 10.9 Å². The molecule has 0 spiro atoms. The molecule has 0 bridgehead atoms. The Balaban J connectivity index is 0. The number of aliphatic hydroxyl groups is 1. The molecule has 0 fully saturated rings. The summed E-state index contributed by atoms with van der Waals surface area (Å²) in [5.74, 6) is 0.944. The highest BCUT2D eigenvalue weighted by Crippen LogP contribution is 2.18. The molecule has 0 saturated carbocycles. The number of carbonyl (C=O) groups excluding carboxylic acids is 2. The van der Waals surface area contributed by atoms with Crippen LogP contribution in [-0.2, 0) is 26.5 Å². The number of hydrogen-bond donors (Lipinski definition) is 3. The minimum Gasteiger partial charge on any atom is -0.396 e. The van der Waals surface area contributed by atoms with E-state index in [-0.39, 0.29) is 37.1 Å². The minimum absolute atomic E-state index is 0.0226. The summed E-state index contributed by atoms with van der Waals surface area (Å²) in [5, 5.41) is 22.5. The van der Waals surface area contributed by atoms with Gasteiger partial charge in [0.15, 0.2) is 0 Å². The van der Waals surface area contributed by atoms with Gasteiger partial charge in [-0.25, -0.2) is 4.68 Å². The fourth-order valence-corrected chi connectivity index (χ4v) is 2.24. The molecule has 0 aromatic carbocycles. The monoisotopic (exact) mass is 471 g/mol. The Morgan fingerprint density at radius 1 is 1.12 bits per heavy atom. The van der Waals surface area contributed by atoms with Gasteiger partial charge in [-0.15, -0.1) is 5.10 Å². The van der Waals surface area contributed by atoms with Crippen LogP contribution in [0.15, 0.2) is 6.20 Å². The summed E-state index contributed by atoms with van der Waals surface area (Å²) >= 11 is 0. The molecule has 0 aliphatic rings. The van der Waals surface area contributed by atoms with Crippen molar-refractivity contribution in [3.63, 3.8) is 0 Å². The Labute approximate surface area is 201 Å². The van der Waals surface area contributed by atoms with Gasteiger partial charge in [-0.1, -0.05) is 53.7 Å². The van der Waals surface area contributed by atoms with Crippen LogP contribution in [0.1, 0.15) is 87.3 Å². The number of ether oxygens (including phenoxy) is 1. The average molecular weight is 472 g/mol. The number of hydrogen-bond acceptors (Lipinski definition) is 6. The third-order valence-corrected chi connectivity index (χ3v) is 4.10. The molecule has 0 aliphatic carbocycles. The van der Waals surface area contributed by atoms with Crippen LogP contribution in [0, 0.1) is 11.8 Å². The molecule has 1 aromatic rings. The normalized spacial score (nSPS) is 10.8. The average Bonchev–Trinajstić information content (AvgIpc) is 3.21. The van der Waals surface area contributed by atoms with Crippen molar-refractivity contribution in [1.82, 2.24) is 25.6 Å². The maximum atomic E-state index is 11.7. The van der Waals surface area contributed by atoms with Crippen molar-refractivity contribution >= 4 is 11.8 Å². The lowest BCUT2D eigenvalue weighted by atomic mass is 10.0. The maximum Gasteiger partial charge on any atom is 0.239 e. The lowest BCUT2D eigenvalue weighted by Crippen LogP contribution is -2.38. The summed E-state index contributed by atoms with van der Waals surface area (Å²) in [5.41, 5.74) is 0.373. The first-order chi connectivity index (χ1) is 15.5. The molecule has 0 atom stereocenters. The van der Waals surface area contributed by atoms with Crippen molar-refractivity contribution < 1.29 is 19.4 Å². The largest absolute Gasteiger partial charge is 0.396 e. The van der Waals surface area contributed by atoms with E-state index in [2.05, 4.69) is 55.6 Å². The predicted octanol–water partition coefficient (Wildman–Crippen LogP) is 3.27. The molecule has 0 radical (unpaired) electrons. The van der Waals surface area contributed by atoms with Gasteiger partial charge >= 0.3 is 0 Å². The van der Waals surface area contributed by atoms with Gasteiger partial charge in [0.25, 0.3) is 0 Å². The lowest BCUT2D eigenvalue weighted by molar-refractivity contribution is -0.126. The van der Waals surface area contributed by atoms with Crippen LogP contribution in [0.4, 0.5) is 0 Å². The van der Waals surface area contributed by atoms with Gasteiger partial charge in [0, 0.05) is 19.6 Å². The number of nitrogens with one attached hydrogen (secondary N) is 2. The van der Waals surface area contributed by atoms with E-state index in [1.165, 1.54) is 0 Å².